The zero-order valence-electron chi connectivity index (χ0n) is 17.7. The van der Waals surface area contributed by atoms with Gasteiger partial charge in [-0.1, -0.05) is 0 Å². The highest BCUT2D eigenvalue weighted by Gasteiger charge is 2.35. The second-order valence-electron chi connectivity index (χ2n) is 8.12. The Morgan fingerprint density at radius 3 is 2.53 bits per heavy atom. The van der Waals surface area contributed by atoms with Crippen LogP contribution in [-0.2, 0) is 11.3 Å². The molecule has 0 spiro atoms. The van der Waals surface area contributed by atoms with Crippen LogP contribution in [0.3, 0.4) is 0 Å². The van der Waals surface area contributed by atoms with Gasteiger partial charge in [0.25, 0.3) is 5.91 Å². The molecule has 0 bridgehead atoms. The van der Waals surface area contributed by atoms with E-state index in [1.54, 1.807) is 16.6 Å². The Morgan fingerprint density at radius 1 is 1.19 bits per heavy atom. The summed E-state index contributed by atoms with van der Waals surface area (Å²) in [4.78, 5) is 27.5. The molecule has 1 atom stereocenters. The highest BCUT2D eigenvalue weighted by Crippen LogP contribution is 2.37. The van der Waals surface area contributed by atoms with Gasteiger partial charge in [-0.25, -0.2) is 9.48 Å². The second kappa shape index (κ2) is 8.97. The lowest BCUT2D eigenvalue weighted by Crippen LogP contribution is -2.40. The van der Waals surface area contributed by atoms with Gasteiger partial charge in [0.05, 0.1) is 13.2 Å². The number of rotatable bonds is 7. The number of aromatic nitrogens is 3. The number of amides is 1. The Balaban J connectivity index is 1.50. The van der Waals surface area contributed by atoms with Crippen LogP contribution in [0.15, 0.2) is 29.1 Å². The van der Waals surface area contributed by atoms with Crippen LogP contribution >= 0.6 is 0 Å². The molecule has 1 aliphatic heterocycles. The molecule has 1 saturated heterocycles. The zero-order chi connectivity index (χ0) is 22.9. The smallest absolute Gasteiger partial charge is 0.406 e. The largest absolute Gasteiger partial charge is 0.573 e. The van der Waals surface area contributed by atoms with E-state index >= 15 is 0 Å². The third-order valence-electron chi connectivity index (χ3n) is 5.72. The summed E-state index contributed by atoms with van der Waals surface area (Å²) in [6, 6.07) is 5.06. The number of hydrogen-bond acceptors (Lipinski definition) is 5. The molecular formula is C21H25F3N4O4. The molecule has 0 radical (unpaired) electrons. The SMILES string of the molecule is COCCn1nc(C2CCCN(C(=O)c3ccc(OC(F)(F)F)cc3)C2)n(C2CC2)c1=O. The molecule has 11 heteroatoms. The van der Waals surface area contributed by atoms with E-state index < -0.39 is 6.36 Å². The maximum Gasteiger partial charge on any atom is 0.573 e. The quantitative estimate of drug-likeness (QED) is 0.643. The van der Waals surface area contributed by atoms with Gasteiger partial charge >= 0.3 is 12.1 Å². The van der Waals surface area contributed by atoms with Gasteiger partial charge in [0.2, 0.25) is 0 Å². The molecule has 1 unspecified atom stereocenters. The molecule has 174 valence electrons. The Hall–Kier alpha value is -2.82. The first-order valence-corrected chi connectivity index (χ1v) is 10.6. The lowest BCUT2D eigenvalue weighted by atomic mass is 9.96. The molecule has 8 nitrogen and oxygen atoms in total. The van der Waals surface area contributed by atoms with E-state index in [1.807, 2.05) is 0 Å². The van der Waals surface area contributed by atoms with Gasteiger partial charge in [-0.2, -0.15) is 5.10 Å². The molecule has 1 aliphatic carbocycles. The van der Waals surface area contributed by atoms with Gasteiger partial charge in [-0.05, 0) is 49.9 Å². The van der Waals surface area contributed by atoms with Gasteiger partial charge < -0.3 is 14.4 Å². The molecule has 1 aromatic heterocycles. The van der Waals surface area contributed by atoms with Crippen LogP contribution in [0.25, 0.3) is 0 Å². The van der Waals surface area contributed by atoms with E-state index in [2.05, 4.69) is 9.84 Å². The Labute approximate surface area is 182 Å². The number of hydrogen-bond donors (Lipinski definition) is 0. The summed E-state index contributed by atoms with van der Waals surface area (Å²) < 4.78 is 49.2. The maximum atomic E-state index is 13.0. The number of halogens is 3. The molecule has 2 fully saturated rings. The number of benzene rings is 1. The van der Waals surface area contributed by atoms with Crippen molar-refractivity contribution >= 4 is 5.91 Å². The minimum atomic E-state index is -4.78. The Morgan fingerprint density at radius 2 is 1.91 bits per heavy atom. The van der Waals surface area contributed by atoms with E-state index in [1.165, 1.54) is 16.8 Å². The minimum absolute atomic E-state index is 0.0855. The van der Waals surface area contributed by atoms with Crippen LogP contribution in [0, 0.1) is 0 Å². The number of methoxy groups -OCH3 is 1. The summed E-state index contributed by atoms with van der Waals surface area (Å²) in [7, 11) is 1.57. The molecule has 2 heterocycles. The van der Waals surface area contributed by atoms with Gasteiger partial charge in [0, 0.05) is 37.7 Å². The van der Waals surface area contributed by atoms with Crippen LogP contribution in [0.4, 0.5) is 13.2 Å². The van der Waals surface area contributed by atoms with E-state index in [0.29, 0.717) is 32.1 Å². The first-order chi connectivity index (χ1) is 15.3. The highest BCUT2D eigenvalue weighted by atomic mass is 19.4. The topological polar surface area (TPSA) is 78.6 Å². The van der Waals surface area contributed by atoms with Crippen molar-refractivity contribution in [3.63, 3.8) is 0 Å². The monoisotopic (exact) mass is 454 g/mol. The molecule has 4 rings (SSSR count). The molecule has 0 N–H and O–H groups in total. The van der Waals surface area contributed by atoms with Crippen LogP contribution in [0.5, 0.6) is 5.75 Å². The number of carbonyl (C=O) groups is 1. The summed E-state index contributed by atoms with van der Waals surface area (Å²) in [6.07, 6.45) is -1.37. The zero-order valence-corrected chi connectivity index (χ0v) is 17.7. The minimum Gasteiger partial charge on any atom is -0.406 e. The van der Waals surface area contributed by atoms with Crippen LogP contribution in [-0.4, -0.2) is 58.3 Å². The van der Waals surface area contributed by atoms with Crippen molar-refractivity contribution in [2.75, 3.05) is 26.8 Å². The van der Waals surface area contributed by atoms with Crippen LogP contribution in [0.1, 0.15) is 53.8 Å². The number of piperidine rings is 1. The van der Waals surface area contributed by atoms with Crippen molar-refractivity contribution < 1.29 is 27.4 Å². The number of ether oxygens (including phenoxy) is 2. The molecular weight excluding hydrogens is 429 g/mol. The summed E-state index contributed by atoms with van der Waals surface area (Å²) in [5.74, 6) is -0.0364. The normalized spacial score (nSPS) is 19.2. The number of carbonyl (C=O) groups excluding carboxylic acids is 1. The third kappa shape index (κ3) is 4.98. The maximum absolute atomic E-state index is 13.0. The Kier molecular flexibility index (Phi) is 6.27. The highest BCUT2D eigenvalue weighted by molar-refractivity contribution is 5.94. The van der Waals surface area contributed by atoms with Crippen molar-refractivity contribution in [1.29, 1.82) is 0 Å². The average Bonchev–Trinajstić information content (AvgIpc) is 3.54. The summed E-state index contributed by atoms with van der Waals surface area (Å²) >= 11 is 0. The van der Waals surface area contributed by atoms with E-state index in [9.17, 15) is 22.8 Å². The molecule has 2 aromatic rings. The van der Waals surface area contributed by atoms with Crippen molar-refractivity contribution in [3.05, 3.63) is 46.1 Å². The number of nitrogens with zero attached hydrogens (tertiary/aromatic N) is 4. The molecule has 1 aromatic carbocycles. The average molecular weight is 454 g/mol. The van der Waals surface area contributed by atoms with Crippen molar-refractivity contribution in [1.82, 2.24) is 19.2 Å². The summed E-state index contributed by atoms with van der Waals surface area (Å²) in [6.45, 7) is 1.68. The second-order valence-corrected chi connectivity index (χ2v) is 8.12. The fourth-order valence-corrected chi connectivity index (χ4v) is 4.07. The lowest BCUT2D eigenvalue weighted by Gasteiger charge is -2.32. The van der Waals surface area contributed by atoms with Gasteiger partial charge in [0.15, 0.2) is 0 Å². The number of likely N-dealkylation sites (tertiary alicyclic amines) is 1. The summed E-state index contributed by atoms with van der Waals surface area (Å²) in [5.41, 5.74) is 0.133. The van der Waals surface area contributed by atoms with Crippen LogP contribution < -0.4 is 10.4 Å². The van der Waals surface area contributed by atoms with Crippen LogP contribution in [0.2, 0.25) is 0 Å². The molecule has 2 aliphatic rings. The van der Waals surface area contributed by atoms with Crippen molar-refractivity contribution in [3.8, 4) is 5.75 Å². The van der Waals surface area contributed by atoms with E-state index in [-0.39, 0.29) is 34.9 Å². The van der Waals surface area contributed by atoms with Gasteiger partial charge in [0.1, 0.15) is 11.6 Å². The molecule has 32 heavy (non-hydrogen) atoms. The van der Waals surface area contributed by atoms with Gasteiger partial charge in [-0.3, -0.25) is 9.36 Å². The molecule has 1 amide bonds. The number of alkyl halides is 3. The standard InChI is InChI=1S/C21H25F3N4O4/c1-31-12-11-27-20(30)28(16-6-7-16)18(25-27)15-3-2-10-26(13-15)19(29)14-4-8-17(9-5-14)32-21(22,23)24/h4-5,8-9,15-16H,2-3,6-7,10-13H2,1H3. The van der Waals surface area contributed by atoms with E-state index in [4.69, 9.17) is 4.74 Å². The Bertz CT molecular complexity index is 1010. The fourth-order valence-electron chi connectivity index (χ4n) is 4.07. The predicted octanol–water partition coefficient (Wildman–Crippen LogP) is 2.94. The first kappa shape index (κ1) is 22.4. The molecule has 1 saturated carbocycles. The lowest BCUT2D eigenvalue weighted by molar-refractivity contribution is -0.274. The van der Waals surface area contributed by atoms with Gasteiger partial charge in [-0.15, -0.1) is 13.2 Å². The first-order valence-electron chi connectivity index (χ1n) is 10.6. The third-order valence-corrected chi connectivity index (χ3v) is 5.72. The van der Waals surface area contributed by atoms with E-state index in [0.717, 1.165) is 37.8 Å². The predicted molar refractivity (Wildman–Crippen MR) is 108 cm³/mol. The van der Waals surface area contributed by atoms with Crippen molar-refractivity contribution in [2.45, 2.75) is 50.6 Å². The fraction of sp³-hybridized carbons (Fsp3) is 0.571. The van der Waals surface area contributed by atoms with Crippen molar-refractivity contribution in [2.24, 2.45) is 0 Å². The summed E-state index contributed by atoms with van der Waals surface area (Å²) in [5, 5.41) is 4.57.